The molecule has 0 amide bonds. The summed E-state index contributed by atoms with van der Waals surface area (Å²) in [6.07, 6.45) is -14.7. The summed E-state index contributed by atoms with van der Waals surface area (Å²) < 4.78 is 32.8. The van der Waals surface area contributed by atoms with Crippen LogP contribution < -0.4 is 4.74 Å². The second-order valence-corrected chi connectivity index (χ2v) is 12.9. The van der Waals surface area contributed by atoms with Crippen LogP contribution in [0.3, 0.4) is 0 Å². The fraction of sp³-hybridized carbons (Fsp3) is 0.361. The van der Waals surface area contributed by atoms with Gasteiger partial charge in [0.05, 0.1) is 18.2 Å². The summed E-state index contributed by atoms with van der Waals surface area (Å²) in [5, 5.41) is 123. The molecule has 1 unspecified atom stereocenters. The first-order valence-corrected chi connectivity index (χ1v) is 16.7. The molecule has 3 aromatic carbocycles. The van der Waals surface area contributed by atoms with Crippen LogP contribution in [0.25, 0.3) is 12.2 Å². The van der Waals surface area contributed by atoms with E-state index in [0.717, 1.165) is 12.1 Å². The minimum absolute atomic E-state index is 0.0406. The zero-order valence-corrected chi connectivity index (χ0v) is 28.4. The molecule has 3 aliphatic heterocycles. The van der Waals surface area contributed by atoms with Crippen LogP contribution in [0, 0.1) is 0 Å². The van der Waals surface area contributed by atoms with Gasteiger partial charge in [0.15, 0.2) is 28.8 Å². The number of fused-ring (bicyclic) bond motifs is 1. The van der Waals surface area contributed by atoms with Crippen LogP contribution in [0.2, 0.25) is 0 Å². The minimum atomic E-state index is -1.90. The Morgan fingerprint density at radius 2 is 1.33 bits per heavy atom. The van der Waals surface area contributed by atoms with Gasteiger partial charge >= 0.3 is 5.97 Å². The number of carbonyl (C=O) groups is 1. The van der Waals surface area contributed by atoms with Crippen molar-refractivity contribution >= 4 is 18.1 Å². The molecule has 2 saturated heterocycles. The highest BCUT2D eigenvalue weighted by Crippen LogP contribution is 2.47. The van der Waals surface area contributed by atoms with Gasteiger partial charge in [0, 0.05) is 18.2 Å². The number of phenols is 5. The number of ether oxygens (including phenoxy) is 6. The van der Waals surface area contributed by atoms with Gasteiger partial charge in [-0.25, -0.2) is 4.79 Å². The molecule has 0 aromatic heterocycles. The largest absolute Gasteiger partial charge is 0.571 e. The molecule has 13 N–H and O–H groups in total. The number of aliphatic hydroxyl groups excluding tert-OH is 7. The number of rotatable bonds is 10. The zero-order chi connectivity index (χ0) is 39.7. The lowest BCUT2D eigenvalue weighted by atomic mass is 9.98. The molecule has 19 heteroatoms. The van der Waals surface area contributed by atoms with E-state index in [1.165, 1.54) is 54.6 Å². The molecule has 296 valence electrons. The highest BCUT2D eigenvalue weighted by Gasteiger charge is 2.48. The zero-order valence-electron chi connectivity index (χ0n) is 28.4. The molecule has 0 radical (unpaired) electrons. The van der Waals surface area contributed by atoms with Crippen LogP contribution in [-0.4, -0.2) is 147 Å². The standard InChI is InChI=1S/C36H38O19/c37-12-25-28(44)30(46)32(48)36(54-25)53-24-11-17-22(51-34(24)15-3-5-19(40)21(42)8-15)9-16(38)10-23(17)52-35-33(49)31(47)29(45)26(55-35)13-50-27(43)6-2-14-1-4-18(39)20(41)7-14/h1-11,25-26,28-42,44-49H,12-13H2/p+1/b6-2+/t25-,26-,28-,29-,30-,31+,32-,33+,34?,35-,36-/m1/s1. The molecule has 0 aliphatic carbocycles. The van der Waals surface area contributed by atoms with Crippen LogP contribution in [0.5, 0.6) is 40.2 Å². The highest BCUT2D eigenvalue weighted by molar-refractivity contribution is 5.87. The number of hydrogen-bond donors (Lipinski definition) is 12. The summed E-state index contributed by atoms with van der Waals surface area (Å²) in [5.74, 6) is -3.41. The summed E-state index contributed by atoms with van der Waals surface area (Å²) >= 11 is 0. The average Bonchev–Trinajstić information content (AvgIpc) is 3.16. The van der Waals surface area contributed by atoms with Crippen molar-refractivity contribution in [1.82, 2.24) is 0 Å². The van der Waals surface area contributed by atoms with E-state index in [0.29, 0.717) is 5.56 Å². The van der Waals surface area contributed by atoms with Crippen LogP contribution in [0.1, 0.15) is 22.8 Å². The maximum absolute atomic E-state index is 12.4. The van der Waals surface area contributed by atoms with E-state index in [1.807, 2.05) is 0 Å². The van der Waals surface area contributed by atoms with Gasteiger partial charge in [0.2, 0.25) is 12.6 Å². The first kappa shape index (κ1) is 39.3. The van der Waals surface area contributed by atoms with Gasteiger partial charge in [-0.15, -0.1) is 0 Å². The molecule has 0 spiro atoms. The predicted octanol–water partition coefficient (Wildman–Crippen LogP) is -1.19. The van der Waals surface area contributed by atoms with Gasteiger partial charge in [0.1, 0.15) is 72.5 Å². The third-order valence-corrected chi connectivity index (χ3v) is 9.06. The first-order chi connectivity index (χ1) is 26.1. The Kier molecular flexibility index (Phi) is 11.6. The molecule has 2 fully saturated rings. The SMILES string of the molecule is O=C(/C=C/c1ccc(O)c(O)c1)OC[C@H]1O[C@@H](Oc2cc(O)cc3c2C=C(O[C@@H]2O[C@H](CO)[C@@H](O)[C@@H](O)[C@H]2O)C(c2ccc(O)c(O)c2)[OH+]3)[C@@H](O)[C@@H](O)[C@@H]1O. The van der Waals surface area contributed by atoms with E-state index in [-0.39, 0.29) is 34.1 Å². The molecule has 3 heterocycles. The normalized spacial score (nSPS) is 30.5. The predicted molar refractivity (Wildman–Crippen MR) is 182 cm³/mol. The first-order valence-electron chi connectivity index (χ1n) is 16.7. The molecule has 55 heavy (non-hydrogen) atoms. The molecule has 0 bridgehead atoms. The molecule has 11 atom stereocenters. The summed E-state index contributed by atoms with van der Waals surface area (Å²) in [7, 11) is 0. The summed E-state index contributed by atoms with van der Waals surface area (Å²) in [5.41, 5.74) is 0.623. The summed E-state index contributed by atoms with van der Waals surface area (Å²) in [6.45, 7) is -1.39. The number of aromatic hydroxyl groups is 6. The van der Waals surface area contributed by atoms with Gasteiger partial charge in [-0.2, -0.15) is 0 Å². The van der Waals surface area contributed by atoms with Gasteiger partial charge in [0.25, 0.3) is 11.9 Å². The molecule has 6 rings (SSSR count). The van der Waals surface area contributed by atoms with Crippen LogP contribution in [0.15, 0.2) is 60.4 Å². The number of esters is 1. The van der Waals surface area contributed by atoms with Gasteiger partial charge in [-0.05, 0) is 42.0 Å². The number of carbonyl (C=O) groups excluding carboxylic acids is 1. The van der Waals surface area contributed by atoms with Crippen LogP contribution >= 0.6 is 0 Å². The molecule has 0 saturated carbocycles. The fourth-order valence-corrected chi connectivity index (χ4v) is 6.02. The van der Waals surface area contributed by atoms with Crippen molar-refractivity contribution in [2.75, 3.05) is 13.2 Å². The number of hydrogen-bond acceptors (Lipinski definition) is 18. The third kappa shape index (κ3) is 8.34. The van der Waals surface area contributed by atoms with Gasteiger partial charge in [-0.3, -0.25) is 0 Å². The summed E-state index contributed by atoms with van der Waals surface area (Å²) in [6, 6.07) is 9.86. The quantitative estimate of drug-likeness (QED) is 0.0499. The third-order valence-electron chi connectivity index (χ3n) is 9.06. The van der Waals surface area contributed by atoms with Crippen molar-refractivity contribution in [3.05, 3.63) is 77.1 Å². The lowest BCUT2D eigenvalue weighted by molar-refractivity contribution is -0.295. The minimum Gasteiger partial charge on any atom is -0.571 e. The maximum Gasteiger partial charge on any atom is 0.330 e. The van der Waals surface area contributed by atoms with Crippen molar-refractivity contribution in [3.63, 3.8) is 0 Å². The average molecular weight is 776 g/mol. The van der Waals surface area contributed by atoms with Gasteiger partial charge < -0.3 is 89.7 Å². The van der Waals surface area contributed by atoms with Crippen molar-refractivity contribution in [3.8, 4) is 40.2 Å². The van der Waals surface area contributed by atoms with Crippen molar-refractivity contribution in [2.24, 2.45) is 0 Å². The fourth-order valence-electron chi connectivity index (χ4n) is 6.02. The van der Waals surface area contributed by atoms with Crippen molar-refractivity contribution < 1.29 is 94.5 Å². The molecule has 3 aliphatic rings. The monoisotopic (exact) mass is 775 g/mol. The van der Waals surface area contributed by atoms with Crippen LogP contribution in [0.4, 0.5) is 0 Å². The second-order valence-electron chi connectivity index (χ2n) is 12.9. The number of benzene rings is 3. The maximum atomic E-state index is 12.4. The van der Waals surface area contributed by atoms with E-state index in [4.69, 9.17) is 23.7 Å². The lowest BCUT2D eigenvalue weighted by Gasteiger charge is -2.41. The van der Waals surface area contributed by atoms with E-state index >= 15 is 0 Å². The Labute approximate surface area is 310 Å². The van der Waals surface area contributed by atoms with E-state index in [2.05, 4.69) is 4.74 Å². The Morgan fingerprint density at radius 3 is 1.98 bits per heavy atom. The topological polar surface area (TPSA) is 319 Å². The molecular weight excluding hydrogens is 736 g/mol. The Morgan fingerprint density at radius 1 is 0.709 bits per heavy atom. The Hall–Kier alpha value is -5.35. The molecule has 3 aromatic rings. The Bertz CT molecular complexity index is 1930. The van der Waals surface area contributed by atoms with E-state index in [1.54, 1.807) is 0 Å². The second kappa shape index (κ2) is 16.2. The van der Waals surface area contributed by atoms with Crippen LogP contribution in [-0.2, 0) is 23.7 Å². The smallest absolute Gasteiger partial charge is 0.330 e. The summed E-state index contributed by atoms with van der Waals surface area (Å²) in [4.78, 5) is 12.4. The highest BCUT2D eigenvalue weighted by atomic mass is 16.7. The molecule has 19 nitrogen and oxygen atoms in total. The number of phenolic OH excluding ortho intramolecular Hbond substituents is 5. The van der Waals surface area contributed by atoms with E-state index in [9.17, 15) is 66.1 Å². The van der Waals surface area contributed by atoms with Crippen molar-refractivity contribution in [2.45, 2.75) is 67.5 Å². The Balaban J connectivity index is 1.26. The van der Waals surface area contributed by atoms with E-state index < -0.39 is 110 Å². The number of aliphatic hydroxyl groups is 8. The van der Waals surface area contributed by atoms with Gasteiger partial charge in [-0.1, -0.05) is 6.07 Å². The van der Waals surface area contributed by atoms with Crippen molar-refractivity contribution in [1.29, 1.82) is 0 Å². The molecular formula is C36H39O19+. The lowest BCUT2D eigenvalue weighted by Crippen LogP contribution is -2.60.